The highest BCUT2D eigenvalue weighted by molar-refractivity contribution is 7.22. The van der Waals surface area contributed by atoms with Gasteiger partial charge in [0, 0.05) is 44.4 Å². The van der Waals surface area contributed by atoms with Crippen LogP contribution in [0.4, 0.5) is 0 Å². The van der Waals surface area contributed by atoms with Crippen molar-refractivity contribution in [3.05, 3.63) is 65.7 Å². The predicted octanol–water partition coefficient (Wildman–Crippen LogP) is 9.10. The molecule has 0 aliphatic rings. The second kappa shape index (κ2) is 10.2. The van der Waals surface area contributed by atoms with Gasteiger partial charge in [0.25, 0.3) is 0 Å². The molecular formula is C32H14N8S5. The van der Waals surface area contributed by atoms with Gasteiger partial charge in [-0.2, -0.15) is 29.8 Å². The zero-order chi connectivity index (χ0) is 31.0. The van der Waals surface area contributed by atoms with Crippen LogP contribution in [0.25, 0.3) is 76.6 Å². The minimum absolute atomic E-state index is 0.525. The normalized spacial score (nSPS) is 12.4. The number of nitrogens with zero attached hydrogens (tertiary/aromatic N) is 8. The minimum Gasteiger partial charge on any atom is -0.341 e. The Labute approximate surface area is 275 Å². The predicted molar refractivity (Wildman–Crippen MR) is 186 cm³/mol. The largest absolute Gasteiger partial charge is 0.341 e. The maximum Gasteiger partial charge on any atom is 0.116 e. The SMILES string of the molecule is Cn1c2cc(/C=C(\C#N)c3ccc(C#N)s3)sc2c2c3nsnc3c3c4sc(/C=C(\C#N)c5ccc(C#N)s5)cc4n(C)c3c21. The Morgan fingerprint density at radius 2 is 1.11 bits per heavy atom. The molecule has 8 nitrogen and oxygen atoms in total. The highest BCUT2D eigenvalue weighted by Gasteiger charge is 2.26. The fraction of sp³-hybridized carbons (Fsp3) is 0.0625. The lowest BCUT2D eigenvalue weighted by atomic mass is 10.1. The summed E-state index contributed by atoms with van der Waals surface area (Å²) in [5, 5.41) is 40.3. The molecule has 0 saturated heterocycles. The second-order valence-corrected chi connectivity index (χ2v) is 15.0. The summed E-state index contributed by atoms with van der Waals surface area (Å²) in [4.78, 5) is 4.58. The van der Waals surface area contributed by atoms with Crippen molar-refractivity contribution in [3.63, 3.8) is 0 Å². The van der Waals surface area contributed by atoms with Crippen molar-refractivity contribution in [3.8, 4) is 24.3 Å². The first kappa shape index (κ1) is 27.4. The maximum atomic E-state index is 9.89. The zero-order valence-electron chi connectivity index (χ0n) is 23.2. The summed E-state index contributed by atoms with van der Waals surface area (Å²) in [6.45, 7) is 0. The van der Waals surface area contributed by atoms with Gasteiger partial charge in [-0.3, -0.25) is 0 Å². The van der Waals surface area contributed by atoms with Crippen LogP contribution in [0.1, 0.15) is 29.3 Å². The molecule has 1 aromatic carbocycles. The number of thiophene rings is 4. The van der Waals surface area contributed by atoms with Crippen LogP contribution in [0.5, 0.6) is 0 Å². The van der Waals surface area contributed by atoms with E-state index >= 15 is 0 Å². The van der Waals surface area contributed by atoms with E-state index in [1.807, 2.05) is 24.3 Å². The molecule has 0 unspecified atom stereocenters. The van der Waals surface area contributed by atoms with E-state index in [-0.39, 0.29) is 0 Å². The first-order valence-electron chi connectivity index (χ1n) is 13.3. The van der Waals surface area contributed by atoms with Crippen molar-refractivity contribution in [1.29, 1.82) is 21.0 Å². The molecule has 0 amide bonds. The molecule has 8 rings (SSSR count). The summed E-state index contributed by atoms with van der Waals surface area (Å²) in [6, 6.07) is 20.2. The Hall–Kier alpha value is -5.12. The van der Waals surface area contributed by atoms with E-state index in [9.17, 15) is 21.0 Å². The van der Waals surface area contributed by atoms with Gasteiger partial charge in [0.05, 0.1) is 54.3 Å². The Morgan fingerprint density at radius 3 is 1.49 bits per heavy atom. The maximum absolute atomic E-state index is 9.89. The van der Waals surface area contributed by atoms with Gasteiger partial charge in [0.1, 0.15) is 45.1 Å². The smallest absolute Gasteiger partial charge is 0.116 e. The van der Waals surface area contributed by atoms with Crippen LogP contribution in [-0.2, 0) is 14.1 Å². The van der Waals surface area contributed by atoms with E-state index in [2.05, 4.69) is 59.6 Å². The molecule has 0 atom stereocenters. The molecule has 13 heteroatoms. The Bertz CT molecular complexity index is 2600. The van der Waals surface area contributed by atoms with Crippen molar-refractivity contribution in [2.75, 3.05) is 0 Å². The molecule has 7 heterocycles. The molecule has 212 valence electrons. The van der Waals surface area contributed by atoms with Crippen LogP contribution in [-0.4, -0.2) is 17.9 Å². The highest BCUT2D eigenvalue weighted by atomic mass is 32.1. The average Bonchev–Trinajstić information content (AvgIpc) is 3.90. The van der Waals surface area contributed by atoms with Crippen LogP contribution in [0.3, 0.4) is 0 Å². The van der Waals surface area contributed by atoms with E-state index in [0.717, 1.165) is 72.8 Å². The molecule has 45 heavy (non-hydrogen) atoms. The monoisotopic (exact) mass is 670 g/mol. The first-order valence-corrected chi connectivity index (χ1v) is 17.3. The van der Waals surface area contributed by atoms with Gasteiger partial charge in [-0.25, -0.2) is 0 Å². The summed E-state index contributed by atoms with van der Waals surface area (Å²) in [5.41, 5.74) is 6.98. The number of rotatable bonds is 4. The standard InChI is InChI=1S/C32H14N8S5/c1-39-21-9-19(7-15(11-33)23-5-3-17(13-35)41-23)43-31(21)25-27-28(38-45-37-27)26-30(29(25)39)40(2)22-10-20(44-32(22)26)8-16(12-34)24-6-4-18(14-36)42-24/h3-10H,1-2H3/b15-7+,16-8+. The molecule has 0 fully saturated rings. The third kappa shape index (κ3) is 4.01. The molecule has 0 bridgehead atoms. The molecule has 0 radical (unpaired) electrons. The first-order chi connectivity index (χ1) is 21.9. The summed E-state index contributed by atoms with van der Waals surface area (Å²) < 4.78 is 16.1. The van der Waals surface area contributed by atoms with E-state index in [1.54, 1.807) is 34.8 Å². The second-order valence-electron chi connectivity index (χ2n) is 10.1. The Kier molecular flexibility index (Phi) is 6.23. The third-order valence-electron chi connectivity index (χ3n) is 7.75. The molecule has 0 aliphatic heterocycles. The molecular weight excluding hydrogens is 657 g/mol. The summed E-state index contributed by atoms with van der Waals surface area (Å²) in [7, 11) is 4.12. The highest BCUT2D eigenvalue weighted by Crippen LogP contribution is 2.47. The van der Waals surface area contributed by atoms with Crippen molar-refractivity contribution < 1.29 is 0 Å². The van der Waals surface area contributed by atoms with Gasteiger partial charge in [-0.05, 0) is 48.6 Å². The molecule has 0 saturated carbocycles. The van der Waals surface area contributed by atoms with E-state index < -0.39 is 0 Å². The van der Waals surface area contributed by atoms with Crippen molar-refractivity contribution in [2.45, 2.75) is 0 Å². The number of benzene rings is 1. The van der Waals surface area contributed by atoms with Gasteiger partial charge in [-0.1, -0.05) is 0 Å². The number of aryl methyl sites for hydroxylation is 2. The van der Waals surface area contributed by atoms with Gasteiger partial charge < -0.3 is 9.13 Å². The number of hydrogen-bond donors (Lipinski definition) is 0. The minimum atomic E-state index is 0.525. The van der Waals surface area contributed by atoms with E-state index in [1.165, 1.54) is 34.4 Å². The molecule has 8 aromatic rings. The number of allylic oxidation sites excluding steroid dienone is 2. The number of hydrogen-bond acceptors (Lipinski definition) is 11. The molecule has 0 spiro atoms. The number of nitriles is 4. The van der Waals surface area contributed by atoms with Crippen LogP contribution >= 0.6 is 57.1 Å². The van der Waals surface area contributed by atoms with Crippen LogP contribution in [0.15, 0.2) is 36.4 Å². The third-order valence-corrected chi connectivity index (χ3v) is 12.5. The molecule has 0 N–H and O–H groups in total. The Morgan fingerprint density at radius 1 is 0.667 bits per heavy atom. The van der Waals surface area contributed by atoms with Crippen molar-refractivity contribution in [1.82, 2.24) is 17.9 Å². The van der Waals surface area contributed by atoms with Crippen LogP contribution in [0.2, 0.25) is 0 Å². The fourth-order valence-electron chi connectivity index (χ4n) is 5.79. The quantitative estimate of drug-likeness (QED) is 0.172. The van der Waals surface area contributed by atoms with Crippen LogP contribution in [0, 0.1) is 45.3 Å². The van der Waals surface area contributed by atoms with Crippen LogP contribution < -0.4 is 0 Å². The number of fused-ring (bicyclic) bond motifs is 10. The van der Waals surface area contributed by atoms with E-state index in [0.29, 0.717) is 20.9 Å². The van der Waals surface area contributed by atoms with Gasteiger partial charge >= 0.3 is 0 Å². The Balaban J connectivity index is 1.34. The molecule has 7 aromatic heterocycles. The van der Waals surface area contributed by atoms with Gasteiger partial charge in [-0.15, -0.1) is 45.3 Å². The van der Waals surface area contributed by atoms with Crippen molar-refractivity contribution >= 4 is 134 Å². The average molecular weight is 671 g/mol. The van der Waals surface area contributed by atoms with E-state index in [4.69, 9.17) is 8.75 Å². The lowest BCUT2D eigenvalue weighted by Crippen LogP contribution is -1.93. The zero-order valence-corrected chi connectivity index (χ0v) is 27.3. The molecule has 0 aliphatic carbocycles. The summed E-state index contributed by atoms with van der Waals surface area (Å²) >= 11 is 7.05. The van der Waals surface area contributed by atoms with Gasteiger partial charge in [0.2, 0.25) is 0 Å². The fourth-order valence-corrected chi connectivity index (χ4v) is 10.2. The lowest BCUT2D eigenvalue weighted by molar-refractivity contribution is 0.987. The van der Waals surface area contributed by atoms with Gasteiger partial charge in [0.15, 0.2) is 0 Å². The number of aromatic nitrogens is 4. The topological polar surface area (TPSA) is 131 Å². The van der Waals surface area contributed by atoms with Crippen molar-refractivity contribution in [2.24, 2.45) is 14.1 Å². The lowest BCUT2D eigenvalue weighted by Gasteiger charge is -2.05. The summed E-state index contributed by atoms with van der Waals surface area (Å²) in [5.74, 6) is 0. The summed E-state index contributed by atoms with van der Waals surface area (Å²) in [6.07, 6.45) is 3.78.